The number of quaternary nitrogens is 1. The third-order valence-electron chi connectivity index (χ3n) is 6.88. The van der Waals surface area contributed by atoms with Crippen LogP contribution in [0.3, 0.4) is 0 Å². The number of aliphatic carboxylic acids is 1. The highest BCUT2D eigenvalue weighted by atomic mass is 16.4. The highest BCUT2D eigenvalue weighted by Gasteiger charge is 2.29. The number of hydrogen-bond donors (Lipinski definition) is 13. The predicted molar refractivity (Wildman–Crippen MR) is 196 cm³/mol. The van der Waals surface area contributed by atoms with Crippen LogP contribution < -0.4 is 64.9 Å². The van der Waals surface area contributed by atoms with E-state index in [0.717, 1.165) is 6.08 Å². The van der Waals surface area contributed by atoms with E-state index >= 15 is 0 Å². The fraction of sp³-hybridized carbons (Fsp3) is 0.529. The molecule has 312 valence electrons. The fourth-order valence-electron chi connectivity index (χ4n) is 4.45. The van der Waals surface area contributed by atoms with E-state index in [2.05, 4.69) is 42.6 Å². The van der Waals surface area contributed by atoms with Gasteiger partial charge in [0.15, 0.2) is 6.04 Å². The summed E-state index contributed by atoms with van der Waals surface area (Å²) in [6.07, 6.45) is 6.29. The first-order valence-corrected chi connectivity index (χ1v) is 17.3. The number of guanidine groups is 1. The summed E-state index contributed by atoms with van der Waals surface area (Å²) >= 11 is 0. The summed E-state index contributed by atoms with van der Waals surface area (Å²) in [5.41, 5.74) is 19.4. The molecule has 55 heavy (non-hydrogen) atoms. The zero-order valence-electron chi connectivity index (χ0n) is 32.1. The number of rotatable bonds is 24. The number of carboxylic acid groups (broad SMARTS) is 1. The van der Waals surface area contributed by atoms with Crippen LogP contribution in [-0.4, -0.2) is 106 Å². The first-order chi connectivity index (χ1) is 25.4. The lowest BCUT2D eigenvalue weighted by molar-refractivity contribution is -0.403. The van der Waals surface area contributed by atoms with Gasteiger partial charge in [-0.1, -0.05) is 41.5 Å². The Labute approximate surface area is 320 Å². The van der Waals surface area contributed by atoms with Gasteiger partial charge >= 0.3 is 5.97 Å². The molecule has 0 saturated carbocycles. The second kappa shape index (κ2) is 24.7. The SMILES string of the molecule is CC(C)[CH-][C@H](NC(=O)[C@H](/C=C/[CH-][NH+]=C(N)N)NC(=O)[C@@H]([NH3+])/C=C(/N)[O-])C(=O)N[C@@H]([CH-]C(C)C)C(=O)N[C@@H]([CH-]C(C)C)C(=O)N[C@H](C(=O)NCC(=O)O)[C@@H](C)O. The van der Waals surface area contributed by atoms with E-state index in [0.29, 0.717) is 0 Å². The molecule has 0 aromatic heterocycles. The lowest BCUT2D eigenvalue weighted by atomic mass is 9.98. The molecule has 6 amide bonds. The van der Waals surface area contributed by atoms with E-state index in [4.69, 9.17) is 22.3 Å². The molecule has 0 fully saturated rings. The zero-order valence-corrected chi connectivity index (χ0v) is 32.1. The van der Waals surface area contributed by atoms with Crippen LogP contribution in [0.5, 0.6) is 0 Å². The highest BCUT2D eigenvalue weighted by Crippen LogP contribution is 2.11. The molecule has 0 aliphatic carbocycles. The molecule has 0 rings (SSSR count). The molecule has 0 aliphatic heterocycles. The molecule has 0 radical (unpaired) electrons. The van der Waals surface area contributed by atoms with Gasteiger partial charge in [-0.05, 0) is 43.6 Å². The lowest BCUT2D eigenvalue weighted by Gasteiger charge is -2.38. The first-order valence-electron chi connectivity index (χ1n) is 17.3. The minimum Gasteiger partial charge on any atom is -0.861 e. The number of nitrogens with two attached hydrogens (primary N) is 3. The van der Waals surface area contributed by atoms with Gasteiger partial charge in [0.2, 0.25) is 35.5 Å². The second-order valence-corrected chi connectivity index (χ2v) is 13.4. The van der Waals surface area contributed by atoms with Crippen molar-refractivity contribution >= 4 is 47.4 Å². The van der Waals surface area contributed by atoms with Crippen LogP contribution in [0.1, 0.15) is 48.5 Å². The fourth-order valence-corrected chi connectivity index (χ4v) is 4.45. The summed E-state index contributed by atoms with van der Waals surface area (Å²) in [4.78, 5) is 92.9. The van der Waals surface area contributed by atoms with Crippen LogP contribution in [0.15, 0.2) is 24.1 Å². The topological polar surface area (TPSA) is 375 Å². The number of aliphatic hydroxyl groups is 1. The predicted octanol–water partition coefficient (Wildman–Crippen LogP) is -7.58. The van der Waals surface area contributed by atoms with Gasteiger partial charge in [0.25, 0.3) is 5.91 Å². The van der Waals surface area contributed by atoms with Gasteiger partial charge in [-0.2, -0.15) is 17.8 Å². The molecule has 21 nitrogen and oxygen atoms in total. The highest BCUT2D eigenvalue weighted by molar-refractivity contribution is 5.98. The Morgan fingerprint density at radius 3 is 1.53 bits per heavy atom. The molecule has 21 heteroatoms. The summed E-state index contributed by atoms with van der Waals surface area (Å²) < 4.78 is 0. The monoisotopic (exact) mass is 780 g/mol. The van der Waals surface area contributed by atoms with Crippen LogP contribution in [0.25, 0.3) is 0 Å². The lowest BCUT2D eigenvalue weighted by Crippen LogP contribution is -2.74. The Morgan fingerprint density at radius 1 is 0.709 bits per heavy atom. The zero-order chi connectivity index (χ0) is 42.6. The number of nitrogens with one attached hydrogen (secondary N) is 7. The molecule has 0 aromatic rings. The number of hydrogen-bond acceptors (Lipinski definition) is 10. The molecule has 0 bridgehead atoms. The molecule has 0 aliphatic rings. The normalized spacial score (nSPS) is 15.5. The van der Waals surface area contributed by atoms with Crippen LogP contribution in [0, 0.1) is 43.6 Å². The third-order valence-corrected chi connectivity index (χ3v) is 6.88. The van der Waals surface area contributed by atoms with E-state index in [-0.39, 0.29) is 23.7 Å². The number of carbonyl (C=O) groups is 7. The Morgan fingerprint density at radius 2 is 1.15 bits per heavy atom. The quantitative estimate of drug-likeness (QED) is 0.0188. The maximum Gasteiger partial charge on any atom is 0.322 e. The number of amides is 6. The Balaban J connectivity index is 6.38. The van der Waals surface area contributed by atoms with Crippen molar-refractivity contribution in [3.8, 4) is 0 Å². The van der Waals surface area contributed by atoms with Gasteiger partial charge in [0.1, 0.15) is 12.6 Å². The van der Waals surface area contributed by atoms with Crippen LogP contribution >= 0.6 is 0 Å². The first kappa shape index (κ1) is 49.4. The maximum absolute atomic E-state index is 13.7. The summed E-state index contributed by atoms with van der Waals surface area (Å²) in [5.74, 6) is -8.64. The van der Waals surface area contributed by atoms with Crippen molar-refractivity contribution in [1.29, 1.82) is 0 Å². The van der Waals surface area contributed by atoms with E-state index < -0.39 is 96.2 Å². The molecule has 18 N–H and O–H groups in total. The summed E-state index contributed by atoms with van der Waals surface area (Å²) in [5, 5.41) is 44.7. The smallest absolute Gasteiger partial charge is 0.322 e. The maximum atomic E-state index is 13.7. The van der Waals surface area contributed by atoms with Crippen molar-refractivity contribution in [2.24, 2.45) is 35.0 Å². The summed E-state index contributed by atoms with van der Waals surface area (Å²) in [6.45, 7) is 12.0. The second-order valence-electron chi connectivity index (χ2n) is 13.4. The Hall–Kier alpha value is -5.57. The van der Waals surface area contributed by atoms with Crippen molar-refractivity contribution in [1.82, 2.24) is 31.9 Å². The molecule has 0 saturated heterocycles. The van der Waals surface area contributed by atoms with Crippen molar-refractivity contribution in [3.63, 3.8) is 0 Å². The van der Waals surface area contributed by atoms with Gasteiger partial charge in [-0.15, -0.1) is 12.2 Å². The molecule has 0 heterocycles. The van der Waals surface area contributed by atoms with Crippen LogP contribution in [-0.2, 0) is 33.6 Å². The van der Waals surface area contributed by atoms with Gasteiger partial charge in [-0.3, -0.25) is 52.8 Å². The minimum absolute atomic E-state index is 0.165. The van der Waals surface area contributed by atoms with Gasteiger partial charge < -0.3 is 75.1 Å². The van der Waals surface area contributed by atoms with E-state index in [1.165, 1.54) is 44.9 Å². The molecule has 0 aromatic carbocycles. The van der Waals surface area contributed by atoms with Crippen LogP contribution in [0.2, 0.25) is 0 Å². The van der Waals surface area contributed by atoms with E-state index in [1.54, 1.807) is 41.5 Å². The molecular weight excluding hydrogens is 722 g/mol. The van der Waals surface area contributed by atoms with Gasteiger partial charge in [0.05, 0.1) is 12.1 Å². The average molecular weight is 781 g/mol. The molecule has 7 atom stereocenters. The molecular formula is C34H58N11O10-3. The number of carboxylic acids is 1. The average Bonchev–Trinajstić information content (AvgIpc) is 3.04. The Kier molecular flexibility index (Phi) is 22.2. The number of carbonyl (C=O) groups excluding carboxylic acids is 6. The summed E-state index contributed by atoms with van der Waals surface area (Å²) in [7, 11) is 0. The van der Waals surface area contributed by atoms with Crippen molar-refractivity contribution in [3.05, 3.63) is 49.9 Å². The summed E-state index contributed by atoms with van der Waals surface area (Å²) in [6, 6.07) is -8.42. The third kappa shape index (κ3) is 21.0. The van der Waals surface area contributed by atoms with Crippen LogP contribution in [0.4, 0.5) is 0 Å². The Bertz CT molecular complexity index is 1410. The largest absolute Gasteiger partial charge is 0.861 e. The molecule has 0 spiro atoms. The standard InChI is InChI=1S/C34H58N11O10/c1-16(2)11-22(42-29(51)21(9-8-10-39-34(37)38)41-28(50)20(35)14-25(36)47)30(52)43-23(12-17(3)4)31(53)44-24(13-18(5)6)32(54)45-27(19(7)46)33(55)40-15-26(48)49/h8-14,16-24,27,39,46-47H,15,35-38H2,1-7H3,(H,40,55)(H,41,50)(H,42,51)(H,43,52)(H,44,53)(H,45,54)(H,48,49)/q-3/b9-8+,25-14-/t19-,20+,21+,22+,23+,24+,27+/m1/s1. The van der Waals surface area contributed by atoms with Gasteiger partial charge in [0, 0.05) is 0 Å². The molecule has 0 unspecified atom stereocenters. The van der Waals surface area contributed by atoms with Crippen molar-refractivity contribution in [2.75, 3.05) is 6.54 Å². The van der Waals surface area contributed by atoms with E-state index in [9.17, 15) is 43.8 Å². The van der Waals surface area contributed by atoms with Gasteiger partial charge in [-0.25, -0.2) is 0 Å². The van der Waals surface area contributed by atoms with E-state index in [1.807, 2.05) is 0 Å². The van der Waals surface area contributed by atoms with Crippen molar-refractivity contribution < 1.29 is 59.6 Å². The van der Waals surface area contributed by atoms with Crippen molar-refractivity contribution in [2.45, 2.75) is 90.8 Å². The number of aliphatic hydroxyl groups excluding tert-OH is 1. The minimum atomic E-state index is -1.57.